The van der Waals surface area contributed by atoms with Gasteiger partial charge in [-0.2, -0.15) is 9.61 Å². The Kier molecular flexibility index (Phi) is 2.78. The van der Waals surface area contributed by atoms with Crippen LogP contribution in [0.3, 0.4) is 0 Å². The van der Waals surface area contributed by atoms with Crippen molar-refractivity contribution in [3.05, 3.63) is 29.7 Å². The van der Waals surface area contributed by atoms with Gasteiger partial charge in [0, 0.05) is 6.07 Å². The van der Waals surface area contributed by atoms with Gasteiger partial charge in [0.1, 0.15) is 5.69 Å². The van der Waals surface area contributed by atoms with E-state index in [-0.39, 0.29) is 6.54 Å². The summed E-state index contributed by atoms with van der Waals surface area (Å²) < 4.78 is 6.60. The van der Waals surface area contributed by atoms with Crippen LogP contribution in [0.25, 0.3) is 17.1 Å². The van der Waals surface area contributed by atoms with E-state index in [4.69, 9.17) is 9.63 Å². The van der Waals surface area contributed by atoms with Gasteiger partial charge in [-0.1, -0.05) is 5.16 Å². The molecule has 0 atom stereocenters. The fraction of sp³-hybridized carbons (Fsp3) is 0.182. The number of aryl methyl sites for hydroxylation is 1. The summed E-state index contributed by atoms with van der Waals surface area (Å²) in [5, 5.41) is 26.7. The highest BCUT2D eigenvalue weighted by Crippen LogP contribution is 2.18. The molecular formula is C11H10N6O3. The lowest BCUT2D eigenvalue weighted by molar-refractivity contribution is 0.193. The number of amides is 1. The standard InChI is InChI=1S/C11H10N6O3/c1-6-4-8(20-16-6)7-2-3-9-13-14-10(17(9)15-7)5-12-11(18)19/h2-4,12H,5H2,1H3,(H,18,19). The molecule has 0 radical (unpaired) electrons. The van der Waals surface area contributed by atoms with Gasteiger partial charge in [0.05, 0.1) is 12.2 Å². The highest BCUT2D eigenvalue weighted by molar-refractivity contribution is 5.64. The third-order valence-corrected chi connectivity index (χ3v) is 2.61. The van der Waals surface area contributed by atoms with E-state index in [9.17, 15) is 4.79 Å². The molecule has 0 aliphatic heterocycles. The summed E-state index contributed by atoms with van der Waals surface area (Å²) in [5.41, 5.74) is 1.83. The molecule has 20 heavy (non-hydrogen) atoms. The third kappa shape index (κ3) is 2.16. The summed E-state index contributed by atoms with van der Waals surface area (Å²) in [6, 6.07) is 5.21. The van der Waals surface area contributed by atoms with E-state index >= 15 is 0 Å². The molecule has 0 spiro atoms. The van der Waals surface area contributed by atoms with Crippen molar-refractivity contribution in [1.82, 2.24) is 30.3 Å². The van der Waals surface area contributed by atoms with Crippen LogP contribution < -0.4 is 5.32 Å². The van der Waals surface area contributed by atoms with Crippen molar-refractivity contribution in [3.8, 4) is 11.5 Å². The molecule has 9 nitrogen and oxygen atoms in total. The minimum atomic E-state index is -1.14. The van der Waals surface area contributed by atoms with Gasteiger partial charge in [0.2, 0.25) is 0 Å². The molecule has 3 heterocycles. The van der Waals surface area contributed by atoms with Crippen LogP contribution in [0.4, 0.5) is 4.79 Å². The Bertz CT molecular complexity index is 777. The summed E-state index contributed by atoms with van der Waals surface area (Å²) >= 11 is 0. The maximum Gasteiger partial charge on any atom is 0.405 e. The van der Waals surface area contributed by atoms with Gasteiger partial charge in [0.15, 0.2) is 17.2 Å². The van der Waals surface area contributed by atoms with Crippen LogP contribution in [0, 0.1) is 6.92 Å². The lowest BCUT2D eigenvalue weighted by atomic mass is 10.3. The molecule has 102 valence electrons. The van der Waals surface area contributed by atoms with Crippen molar-refractivity contribution in [2.45, 2.75) is 13.5 Å². The molecule has 1 amide bonds. The molecule has 3 aromatic heterocycles. The molecule has 0 bridgehead atoms. The maximum atomic E-state index is 10.5. The first-order valence-electron chi connectivity index (χ1n) is 5.75. The van der Waals surface area contributed by atoms with Crippen molar-refractivity contribution in [1.29, 1.82) is 0 Å². The number of aromatic nitrogens is 5. The summed E-state index contributed by atoms with van der Waals surface area (Å²) in [7, 11) is 0. The van der Waals surface area contributed by atoms with Gasteiger partial charge < -0.3 is 14.9 Å². The highest BCUT2D eigenvalue weighted by Gasteiger charge is 2.11. The second-order valence-electron chi connectivity index (χ2n) is 4.10. The first-order valence-corrected chi connectivity index (χ1v) is 5.75. The predicted octanol–water partition coefficient (Wildman–Crippen LogP) is 0.855. The number of fused-ring (bicyclic) bond motifs is 1. The van der Waals surface area contributed by atoms with Crippen LogP contribution in [0.5, 0.6) is 0 Å². The zero-order valence-electron chi connectivity index (χ0n) is 10.4. The van der Waals surface area contributed by atoms with Crippen molar-refractivity contribution in [2.24, 2.45) is 0 Å². The monoisotopic (exact) mass is 274 g/mol. The van der Waals surface area contributed by atoms with E-state index in [0.29, 0.717) is 22.9 Å². The Labute approximate surface area is 112 Å². The average Bonchev–Trinajstić information content (AvgIpc) is 3.02. The zero-order valence-corrected chi connectivity index (χ0v) is 10.4. The average molecular weight is 274 g/mol. The molecule has 0 aromatic carbocycles. The molecule has 0 unspecified atom stereocenters. The number of rotatable bonds is 3. The molecule has 3 rings (SSSR count). The first kappa shape index (κ1) is 12.1. The number of hydrogen-bond donors (Lipinski definition) is 2. The lowest BCUT2D eigenvalue weighted by Crippen LogP contribution is -2.21. The van der Waals surface area contributed by atoms with E-state index in [0.717, 1.165) is 5.69 Å². The Balaban J connectivity index is 2.00. The van der Waals surface area contributed by atoms with Gasteiger partial charge in [-0.05, 0) is 19.1 Å². The maximum absolute atomic E-state index is 10.5. The lowest BCUT2D eigenvalue weighted by Gasteiger charge is -2.00. The number of nitrogens with zero attached hydrogens (tertiary/aromatic N) is 5. The summed E-state index contributed by atoms with van der Waals surface area (Å²) in [6.07, 6.45) is -1.14. The summed E-state index contributed by atoms with van der Waals surface area (Å²) in [6.45, 7) is 1.83. The molecule has 0 aliphatic rings. The topological polar surface area (TPSA) is 118 Å². The number of hydrogen-bond acceptors (Lipinski definition) is 6. The zero-order chi connectivity index (χ0) is 14.1. The Morgan fingerprint density at radius 2 is 2.30 bits per heavy atom. The van der Waals surface area contributed by atoms with Crippen LogP contribution >= 0.6 is 0 Å². The fourth-order valence-corrected chi connectivity index (χ4v) is 1.71. The quantitative estimate of drug-likeness (QED) is 0.726. The molecule has 2 N–H and O–H groups in total. The van der Waals surface area contributed by atoms with Crippen LogP contribution in [-0.2, 0) is 6.54 Å². The van der Waals surface area contributed by atoms with Crippen molar-refractivity contribution >= 4 is 11.7 Å². The number of carbonyl (C=O) groups is 1. The van der Waals surface area contributed by atoms with Gasteiger partial charge in [-0.25, -0.2) is 4.79 Å². The Morgan fingerprint density at radius 3 is 3.00 bits per heavy atom. The fourth-order valence-electron chi connectivity index (χ4n) is 1.71. The van der Waals surface area contributed by atoms with E-state index < -0.39 is 6.09 Å². The van der Waals surface area contributed by atoms with Crippen LogP contribution in [0.2, 0.25) is 0 Å². The smallest absolute Gasteiger partial charge is 0.405 e. The van der Waals surface area contributed by atoms with Crippen molar-refractivity contribution in [2.75, 3.05) is 0 Å². The van der Waals surface area contributed by atoms with Crippen LogP contribution in [0.1, 0.15) is 11.5 Å². The first-order chi connectivity index (χ1) is 9.63. The molecule has 0 saturated heterocycles. The summed E-state index contributed by atoms with van der Waals surface area (Å²) in [4.78, 5) is 10.5. The minimum Gasteiger partial charge on any atom is -0.465 e. The molecule has 3 aromatic rings. The SMILES string of the molecule is Cc1cc(-c2ccc3nnc(CNC(=O)O)n3n2)on1. The molecule has 0 saturated carbocycles. The molecule has 0 fully saturated rings. The van der Waals surface area contributed by atoms with E-state index in [1.54, 1.807) is 18.2 Å². The largest absolute Gasteiger partial charge is 0.465 e. The van der Waals surface area contributed by atoms with Gasteiger partial charge in [0.25, 0.3) is 0 Å². The van der Waals surface area contributed by atoms with Gasteiger partial charge >= 0.3 is 6.09 Å². The van der Waals surface area contributed by atoms with Gasteiger partial charge in [-0.3, -0.25) is 0 Å². The molecular weight excluding hydrogens is 264 g/mol. The Hall–Kier alpha value is -2.97. The molecule has 0 aliphatic carbocycles. The number of nitrogens with one attached hydrogen (secondary N) is 1. The van der Waals surface area contributed by atoms with Crippen molar-refractivity contribution < 1.29 is 14.4 Å². The third-order valence-electron chi connectivity index (χ3n) is 2.61. The van der Waals surface area contributed by atoms with Gasteiger partial charge in [-0.15, -0.1) is 10.2 Å². The molecule has 9 heteroatoms. The number of carboxylic acid groups (broad SMARTS) is 1. The summed E-state index contributed by atoms with van der Waals surface area (Å²) in [5.74, 6) is 0.913. The van der Waals surface area contributed by atoms with E-state index in [1.165, 1.54) is 4.52 Å². The second kappa shape index (κ2) is 4.61. The minimum absolute atomic E-state index is 0.0163. The van der Waals surface area contributed by atoms with Crippen LogP contribution in [0.15, 0.2) is 22.7 Å². The Morgan fingerprint density at radius 1 is 1.45 bits per heavy atom. The van der Waals surface area contributed by atoms with Crippen LogP contribution in [-0.4, -0.2) is 36.2 Å². The highest BCUT2D eigenvalue weighted by atomic mass is 16.5. The second-order valence-corrected chi connectivity index (χ2v) is 4.10. The predicted molar refractivity (Wildman–Crippen MR) is 65.9 cm³/mol. The normalized spacial score (nSPS) is 10.8. The van der Waals surface area contributed by atoms with E-state index in [2.05, 4.69) is 25.8 Å². The van der Waals surface area contributed by atoms with E-state index in [1.807, 2.05) is 6.92 Å². The van der Waals surface area contributed by atoms with Crippen molar-refractivity contribution in [3.63, 3.8) is 0 Å².